The third-order valence-electron chi connectivity index (χ3n) is 3.17. The van der Waals surface area contributed by atoms with Gasteiger partial charge in [-0.15, -0.1) is 0 Å². The van der Waals surface area contributed by atoms with Gasteiger partial charge in [0.15, 0.2) is 0 Å². The van der Waals surface area contributed by atoms with Crippen LogP contribution in [0.5, 0.6) is 0 Å². The first kappa shape index (κ1) is 13.1. The number of halogens is 1. The van der Waals surface area contributed by atoms with Gasteiger partial charge in [-0.05, 0) is 12.8 Å². The van der Waals surface area contributed by atoms with Crippen LogP contribution in [0.4, 0.5) is 5.95 Å². The molecule has 0 unspecified atom stereocenters. The fourth-order valence-corrected chi connectivity index (χ4v) is 2.26. The lowest BCUT2D eigenvalue weighted by Gasteiger charge is -2.32. The summed E-state index contributed by atoms with van der Waals surface area (Å²) in [4.78, 5) is 24.0. The van der Waals surface area contributed by atoms with E-state index in [1.807, 2.05) is 0 Å². The minimum absolute atomic E-state index is 0.128. The predicted molar refractivity (Wildman–Crippen MR) is 70.7 cm³/mol. The monoisotopic (exact) mass is 268 g/mol. The molecule has 2 rings (SSSR count). The van der Waals surface area contributed by atoms with E-state index in [1.54, 1.807) is 31.4 Å². The van der Waals surface area contributed by atoms with Crippen molar-refractivity contribution in [1.82, 2.24) is 14.9 Å². The zero-order valence-corrected chi connectivity index (χ0v) is 11.4. The molecular weight excluding hydrogens is 252 g/mol. The Hall–Kier alpha value is -1.36. The number of amides is 1. The smallest absolute Gasteiger partial charge is 0.225 e. The number of aromatic nitrogens is 2. The van der Waals surface area contributed by atoms with E-state index in [4.69, 9.17) is 11.6 Å². The first-order valence-corrected chi connectivity index (χ1v) is 6.39. The minimum Gasteiger partial charge on any atom is -0.349 e. The molecule has 0 bridgehead atoms. The van der Waals surface area contributed by atoms with Crippen LogP contribution >= 0.6 is 11.6 Å². The van der Waals surface area contributed by atoms with E-state index in [0.29, 0.717) is 11.0 Å². The largest absolute Gasteiger partial charge is 0.349 e. The van der Waals surface area contributed by atoms with E-state index in [0.717, 1.165) is 25.9 Å². The van der Waals surface area contributed by atoms with Crippen molar-refractivity contribution in [3.05, 3.63) is 17.4 Å². The molecule has 98 valence electrons. The molecule has 1 aromatic heterocycles. The molecular formula is C12H17ClN4O. The minimum atomic E-state index is 0.128. The SMILES string of the molecule is CN(C)C(=O)C1CCN(c2ncc(Cl)cn2)CC1. The molecule has 1 amide bonds. The highest BCUT2D eigenvalue weighted by Crippen LogP contribution is 2.22. The summed E-state index contributed by atoms with van der Waals surface area (Å²) in [5, 5.41) is 0.538. The number of hydrogen-bond donors (Lipinski definition) is 0. The Labute approximate surface area is 112 Å². The molecule has 18 heavy (non-hydrogen) atoms. The van der Waals surface area contributed by atoms with Crippen LogP contribution in [-0.4, -0.2) is 48.0 Å². The average molecular weight is 269 g/mol. The van der Waals surface area contributed by atoms with Crippen LogP contribution in [0.1, 0.15) is 12.8 Å². The molecule has 1 fully saturated rings. The Bertz CT molecular complexity index is 413. The second-order valence-electron chi connectivity index (χ2n) is 4.70. The highest BCUT2D eigenvalue weighted by atomic mass is 35.5. The van der Waals surface area contributed by atoms with Crippen LogP contribution in [0.15, 0.2) is 12.4 Å². The maximum absolute atomic E-state index is 11.8. The summed E-state index contributed by atoms with van der Waals surface area (Å²) in [5.41, 5.74) is 0. The highest BCUT2D eigenvalue weighted by molar-refractivity contribution is 6.30. The van der Waals surface area contributed by atoms with Gasteiger partial charge in [-0.1, -0.05) is 11.6 Å². The fourth-order valence-electron chi connectivity index (χ4n) is 2.16. The van der Waals surface area contributed by atoms with Crippen LogP contribution in [0.3, 0.4) is 0 Å². The normalized spacial score (nSPS) is 16.7. The van der Waals surface area contributed by atoms with Crippen LogP contribution in [-0.2, 0) is 4.79 Å². The lowest BCUT2D eigenvalue weighted by molar-refractivity contribution is -0.133. The van der Waals surface area contributed by atoms with E-state index < -0.39 is 0 Å². The van der Waals surface area contributed by atoms with Crippen LogP contribution in [0, 0.1) is 5.92 Å². The summed E-state index contributed by atoms with van der Waals surface area (Å²) in [5.74, 6) is 1.03. The van der Waals surface area contributed by atoms with Gasteiger partial charge < -0.3 is 9.80 Å². The maximum Gasteiger partial charge on any atom is 0.225 e. The van der Waals surface area contributed by atoms with E-state index in [9.17, 15) is 4.79 Å². The van der Waals surface area contributed by atoms with Crippen molar-refractivity contribution in [1.29, 1.82) is 0 Å². The average Bonchev–Trinajstić information content (AvgIpc) is 2.39. The van der Waals surface area contributed by atoms with Gasteiger partial charge in [0.1, 0.15) is 0 Å². The van der Waals surface area contributed by atoms with Crippen LogP contribution < -0.4 is 4.90 Å². The fraction of sp³-hybridized carbons (Fsp3) is 0.583. The Kier molecular flexibility index (Phi) is 4.01. The number of hydrogen-bond acceptors (Lipinski definition) is 4. The summed E-state index contributed by atoms with van der Waals surface area (Å²) in [6.45, 7) is 1.62. The molecule has 0 radical (unpaired) electrons. The van der Waals surface area contributed by atoms with E-state index in [1.165, 1.54) is 0 Å². The van der Waals surface area contributed by atoms with Crippen molar-refractivity contribution in [3.8, 4) is 0 Å². The van der Waals surface area contributed by atoms with E-state index in [-0.39, 0.29) is 11.8 Å². The van der Waals surface area contributed by atoms with Gasteiger partial charge in [-0.3, -0.25) is 4.79 Å². The number of carbonyl (C=O) groups is 1. The summed E-state index contributed by atoms with van der Waals surface area (Å²) in [6, 6.07) is 0. The zero-order valence-electron chi connectivity index (χ0n) is 10.6. The molecule has 0 N–H and O–H groups in total. The first-order chi connectivity index (χ1) is 8.58. The lowest BCUT2D eigenvalue weighted by Crippen LogP contribution is -2.40. The summed E-state index contributed by atoms with van der Waals surface area (Å²) < 4.78 is 0. The van der Waals surface area contributed by atoms with Crippen molar-refractivity contribution in [3.63, 3.8) is 0 Å². The van der Waals surface area contributed by atoms with Gasteiger partial charge in [-0.2, -0.15) is 0 Å². The molecule has 0 atom stereocenters. The standard InChI is InChI=1S/C12H17ClN4O/c1-16(2)11(18)9-3-5-17(6-4-9)12-14-7-10(13)8-15-12/h7-9H,3-6H2,1-2H3. The molecule has 1 aliphatic rings. The molecule has 2 heterocycles. The molecule has 1 aromatic rings. The second-order valence-corrected chi connectivity index (χ2v) is 5.13. The number of rotatable bonds is 2. The third kappa shape index (κ3) is 2.90. The molecule has 0 spiro atoms. The molecule has 5 nitrogen and oxygen atoms in total. The topological polar surface area (TPSA) is 49.3 Å². The number of carbonyl (C=O) groups excluding carboxylic acids is 1. The molecule has 6 heteroatoms. The molecule has 0 aliphatic carbocycles. The van der Waals surface area contributed by atoms with Gasteiger partial charge in [0.25, 0.3) is 0 Å². The highest BCUT2D eigenvalue weighted by Gasteiger charge is 2.26. The van der Waals surface area contributed by atoms with Gasteiger partial charge in [0.05, 0.1) is 17.4 Å². The third-order valence-corrected chi connectivity index (χ3v) is 3.37. The predicted octanol–water partition coefficient (Wildman–Crippen LogP) is 1.43. The van der Waals surface area contributed by atoms with Crippen LogP contribution in [0.2, 0.25) is 5.02 Å². The van der Waals surface area contributed by atoms with Crippen molar-refractivity contribution in [2.45, 2.75) is 12.8 Å². The molecule has 1 saturated heterocycles. The summed E-state index contributed by atoms with van der Waals surface area (Å²) in [7, 11) is 3.61. The first-order valence-electron chi connectivity index (χ1n) is 6.01. The van der Waals surface area contributed by atoms with Crippen molar-refractivity contribution >= 4 is 23.5 Å². The Morgan fingerprint density at radius 1 is 1.33 bits per heavy atom. The van der Waals surface area contributed by atoms with E-state index in [2.05, 4.69) is 14.9 Å². The summed E-state index contributed by atoms with van der Waals surface area (Å²) >= 11 is 5.76. The summed E-state index contributed by atoms with van der Waals surface area (Å²) in [6.07, 6.45) is 4.90. The second kappa shape index (κ2) is 5.52. The number of piperidine rings is 1. The quantitative estimate of drug-likeness (QED) is 0.814. The molecule has 1 aliphatic heterocycles. The molecule has 0 saturated carbocycles. The van der Waals surface area contributed by atoms with Crippen LogP contribution in [0.25, 0.3) is 0 Å². The number of nitrogens with zero attached hydrogens (tertiary/aromatic N) is 4. The zero-order chi connectivity index (χ0) is 13.1. The Balaban J connectivity index is 1.94. The van der Waals surface area contributed by atoms with Crippen molar-refractivity contribution < 1.29 is 4.79 Å². The lowest BCUT2D eigenvalue weighted by atomic mass is 9.96. The van der Waals surface area contributed by atoms with Gasteiger partial charge in [-0.25, -0.2) is 9.97 Å². The van der Waals surface area contributed by atoms with Gasteiger partial charge in [0.2, 0.25) is 11.9 Å². The number of anilines is 1. The van der Waals surface area contributed by atoms with Gasteiger partial charge in [0, 0.05) is 33.1 Å². The van der Waals surface area contributed by atoms with Crippen molar-refractivity contribution in [2.75, 3.05) is 32.1 Å². The van der Waals surface area contributed by atoms with E-state index >= 15 is 0 Å². The van der Waals surface area contributed by atoms with Crippen molar-refractivity contribution in [2.24, 2.45) is 5.92 Å². The molecule has 0 aromatic carbocycles. The Morgan fingerprint density at radius 3 is 2.39 bits per heavy atom. The maximum atomic E-state index is 11.8. The van der Waals surface area contributed by atoms with Gasteiger partial charge >= 0.3 is 0 Å². The Morgan fingerprint density at radius 2 is 1.89 bits per heavy atom.